The average Bonchev–Trinajstić information content (AvgIpc) is 3.48. The Kier molecular flexibility index (Phi) is 6.72. The number of furan rings is 1. The van der Waals surface area contributed by atoms with E-state index in [0.717, 1.165) is 83.5 Å². The van der Waals surface area contributed by atoms with Gasteiger partial charge in [0.25, 0.3) is 0 Å². The summed E-state index contributed by atoms with van der Waals surface area (Å²) in [6.07, 6.45) is 5.21. The van der Waals surface area contributed by atoms with Gasteiger partial charge in [-0.05, 0) is 106 Å². The molecule has 242 valence electrons. The van der Waals surface area contributed by atoms with Gasteiger partial charge in [-0.3, -0.25) is 0 Å². The van der Waals surface area contributed by atoms with Gasteiger partial charge in [-0.2, -0.15) is 0 Å². The molecule has 51 heavy (non-hydrogen) atoms. The molecular formula is C49H34O2. The summed E-state index contributed by atoms with van der Waals surface area (Å²) in [6.45, 7) is 4.31. The number of aryl methyl sites for hydroxylation is 1. The van der Waals surface area contributed by atoms with E-state index >= 15 is 0 Å². The lowest BCUT2D eigenvalue weighted by Gasteiger charge is -2.14. The third kappa shape index (κ3) is 4.57. The standard InChI is InChI=1S/C49H34O2/c1-3-4-14-31-17-8-9-18-35(31)43-27-30(2)34-20-12-21-37-38-22-13-23-39-40(33-25-26-45-42(28-33)36-19-10-11-24-44(36)50-45)29-41(32-15-6-5-7-16-32)48(47(38)39)51-49(43)46(34)37/h3-13,15-29H,14H2,1-2H3. The molecule has 2 aromatic heterocycles. The Morgan fingerprint density at radius 3 is 1.96 bits per heavy atom. The van der Waals surface area contributed by atoms with Gasteiger partial charge >= 0.3 is 0 Å². The number of benzene rings is 8. The summed E-state index contributed by atoms with van der Waals surface area (Å²) in [4.78, 5) is 0. The van der Waals surface area contributed by atoms with Crippen molar-refractivity contribution in [1.29, 1.82) is 0 Å². The van der Waals surface area contributed by atoms with Crippen LogP contribution in [-0.2, 0) is 6.42 Å². The number of para-hydroxylation sites is 1. The van der Waals surface area contributed by atoms with Crippen molar-refractivity contribution in [2.45, 2.75) is 20.3 Å². The molecule has 0 unspecified atom stereocenters. The van der Waals surface area contributed by atoms with Gasteiger partial charge in [0, 0.05) is 32.7 Å². The van der Waals surface area contributed by atoms with Crippen molar-refractivity contribution in [2.24, 2.45) is 0 Å². The highest BCUT2D eigenvalue weighted by Crippen LogP contribution is 2.47. The highest BCUT2D eigenvalue weighted by Gasteiger charge is 2.22. The van der Waals surface area contributed by atoms with E-state index in [-0.39, 0.29) is 0 Å². The fourth-order valence-electron chi connectivity index (χ4n) is 8.20. The van der Waals surface area contributed by atoms with Crippen LogP contribution in [0.1, 0.15) is 18.1 Å². The molecule has 0 fully saturated rings. The second-order valence-electron chi connectivity index (χ2n) is 13.5. The lowest BCUT2D eigenvalue weighted by atomic mass is 9.89. The first-order valence-electron chi connectivity index (χ1n) is 17.7. The summed E-state index contributed by atoms with van der Waals surface area (Å²) < 4.78 is 13.7. The molecule has 0 bridgehead atoms. The van der Waals surface area contributed by atoms with Crippen molar-refractivity contribution in [3.63, 3.8) is 0 Å². The fourth-order valence-corrected chi connectivity index (χ4v) is 8.20. The zero-order chi connectivity index (χ0) is 34.1. The van der Waals surface area contributed by atoms with Crippen LogP contribution in [0.15, 0.2) is 167 Å². The summed E-state index contributed by atoms with van der Waals surface area (Å²) in [6, 6.07) is 52.4. The largest absolute Gasteiger partial charge is 0.456 e. The highest BCUT2D eigenvalue weighted by molar-refractivity contribution is 6.28. The van der Waals surface area contributed by atoms with Gasteiger partial charge in [-0.1, -0.05) is 127 Å². The van der Waals surface area contributed by atoms with Gasteiger partial charge in [-0.15, -0.1) is 0 Å². The third-order valence-corrected chi connectivity index (χ3v) is 10.6. The summed E-state index contributed by atoms with van der Waals surface area (Å²) in [5.74, 6) is 0. The predicted molar refractivity (Wildman–Crippen MR) is 216 cm³/mol. The average molecular weight is 655 g/mol. The minimum absolute atomic E-state index is 0.857. The summed E-state index contributed by atoms with van der Waals surface area (Å²) in [7, 11) is 0. The molecule has 10 rings (SSSR count). The maximum atomic E-state index is 7.51. The summed E-state index contributed by atoms with van der Waals surface area (Å²) >= 11 is 0. The Labute approximate surface area is 295 Å². The van der Waals surface area contributed by atoms with Crippen LogP contribution in [0.4, 0.5) is 0 Å². The van der Waals surface area contributed by atoms with Crippen molar-refractivity contribution in [3.05, 3.63) is 169 Å². The van der Waals surface area contributed by atoms with Crippen LogP contribution in [0.5, 0.6) is 0 Å². The van der Waals surface area contributed by atoms with E-state index in [0.29, 0.717) is 0 Å². The minimum Gasteiger partial charge on any atom is -0.456 e. The quantitative estimate of drug-likeness (QED) is 0.173. The number of hydrogen-bond acceptors (Lipinski definition) is 2. The molecule has 2 heterocycles. The van der Waals surface area contributed by atoms with E-state index in [1.807, 2.05) is 12.1 Å². The first-order valence-corrected chi connectivity index (χ1v) is 17.7. The van der Waals surface area contributed by atoms with E-state index in [9.17, 15) is 0 Å². The zero-order valence-electron chi connectivity index (χ0n) is 28.5. The van der Waals surface area contributed by atoms with Crippen molar-refractivity contribution >= 4 is 65.4 Å². The second-order valence-corrected chi connectivity index (χ2v) is 13.5. The zero-order valence-corrected chi connectivity index (χ0v) is 28.5. The number of rotatable bonds is 5. The molecule has 2 nitrogen and oxygen atoms in total. The predicted octanol–water partition coefficient (Wildman–Crippen LogP) is 14.2. The van der Waals surface area contributed by atoms with E-state index in [2.05, 4.69) is 159 Å². The molecule has 0 aliphatic carbocycles. The molecule has 2 heteroatoms. The lowest BCUT2D eigenvalue weighted by Crippen LogP contribution is -1.91. The molecule has 0 saturated heterocycles. The molecule has 8 aromatic carbocycles. The lowest BCUT2D eigenvalue weighted by molar-refractivity contribution is 0.666. The van der Waals surface area contributed by atoms with Gasteiger partial charge in [0.15, 0.2) is 0 Å². The maximum absolute atomic E-state index is 7.51. The van der Waals surface area contributed by atoms with Gasteiger partial charge in [0.05, 0.1) is 0 Å². The van der Waals surface area contributed by atoms with Crippen LogP contribution in [0.2, 0.25) is 0 Å². The SMILES string of the molecule is CC=CCc1ccccc1-c1cc(C)c2cccc3c4cccc5c(-c6ccc7oc8ccccc8c7c6)cc(-c6ccccc6)c(oc1c23)c54. The van der Waals surface area contributed by atoms with E-state index in [1.165, 1.54) is 32.8 Å². The van der Waals surface area contributed by atoms with E-state index in [1.54, 1.807) is 0 Å². The number of fused-ring (bicyclic) bond motifs is 4. The van der Waals surface area contributed by atoms with E-state index < -0.39 is 0 Å². The Morgan fingerprint density at radius 1 is 0.451 bits per heavy atom. The van der Waals surface area contributed by atoms with Crippen molar-refractivity contribution in [2.75, 3.05) is 0 Å². The normalized spacial score (nSPS) is 12.1. The molecule has 0 aliphatic rings. The van der Waals surface area contributed by atoms with Crippen molar-refractivity contribution < 1.29 is 8.83 Å². The summed E-state index contributed by atoms with van der Waals surface area (Å²) in [5, 5.41) is 9.26. The molecule has 0 aliphatic heterocycles. The van der Waals surface area contributed by atoms with Crippen LogP contribution >= 0.6 is 0 Å². The van der Waals surface area contributed by atoms with Gasteiger partial charge in [0.2, 0.25) is 0 Å². The van der Waals surface area contributed by atoms with Crippen LogP contribution in [-0.4, -0.2) is 0 Å². The smallest absolute Gasteiger partial charge is 0.143 e. The molecule has 0 N–H and O–H groups in total. The van der Waals surface area contributed by atoms with Crippen molar-refractivity contribution in [1.82, 2.24) is 0 Å². The third-order valence-electron chi connectivity index (χ3n) is 10.6. The molecular weight excluding hydrogens is 621 g/mol. The highest BCUT2D eigenvalue weighted by atomic mass is 16.3. The molecule has 0 saturated carbocycles. The Hall–Kier alpha value is -6.38. The first kappa shape index (κ1) is 29.5. The monoisotopic (exact) mass is 654 g/mol. The van der Waals surface area contributed by atoms with Crippen LogP contribution in [0, 0.1) is 6.92 Å². The molecule has 0 spiro atoms. The minimum atomic E-state index is 0.857. The van der Waals surface area contributed by atoms with Gasteiger partial charge in [-0.25, -0.2) is 0 Å². The van der Waals surface area contributed by atoms with Gasteiger partial charge < -0.3 is 8.83 Å². The number of hydrogen-bond donors (Lipinski definition) is 0. The molecule has 10 aromatic rings. The second kappa shape index (κ2) is 11.6. The molecule has 0 atom stereocenters. The van der Waals surface area contributed by atoms with E-state index in [4.69, 9.17) is 8.83 Å². The molecule has 0 radical (unpaired) electrons. The summed E-state index contributed by atoms with van der Waals surface area (Å²) in [5.41, 5.74) is 12.9. The molecule has 0 amide bonds. The van der Waals surface area contributed by atoms with Crippen molar-refractivity contribution in [3.8, 4) is 33.4 Å². The topological polar surface area (TPSA) is 26.3 Å². The fraction of sp³-hybridized carbons (Fsp3) is 0.0612. The number of allylic oxidation sites excluding steroid dienone is 2. The Balaban J connectivity index is 1.39. The maximum Gasteiger partial charge on any atom is 0.143 e. The Morgan fingerprint density at radius 2 is 1.12 bits per heavy atom. The van der Waals surface area contributed by atoms with Gasteiger partial charge in [0.1, 0.15) is 22.3 Å². The Bertz CT molecular complexity index is 3010. The van der Waals surface area contributed by atoms with Crippen LogP contribution < -0.4 is 0 Å². The first-order chi connectivity index (χ1) is 25.2. The van der Waals surface area contributed by atoms with Crippen LogP contribution in [0.3, 0.4) is 0 Å². The van der Waals surface area contributed by atoms with Crippen LogP contribution in [0.25, 0.3) is 98.8 Å².